The van der Waals surface area contributed by atoms with Crippen molar-refractivity contribution in [1.29, 1.82) is 0 Å². The molecule has 0 aromatic carbocycles. The lowest BCUT2D eigenvalue weighted by Crippen LogP contribution is -2.32. The summed E-state index contributed by atoms with van der Waals surface area (Å²) in [5, 5.41) is 20.3. The molecule has 0 amide bonds. The fourth-order valence-electron chi connectivity index (χ4n) is 2.47. The number of aromatic amines is 1. The van der Waals surface area contributed by atoms with Crippen LogP contribution in [0.15, 0.2) is 11.1 Å². The summed E-state index contributed by atoms with van der Waals surface area (Å²) in [7, 11) is 0. The summed E-state index contributed by atoms with van der Waals surface area (Å²) in [6, 6.07) is 0. The van der Waals surface area contributed by atoms with Crippen molar-refractivity contribution >= 4 is 28.7 Å². The second-order valence-electron chi connectivity index (χ2n) is 4.99. The number of thioether (sulfide) groups is 1. The molecule has 0 radical (unpaired) electrons. The van der Waals surface area contributed by atoms with Crippen LogP contribution in [0.1, 0.15) is 13.2 Å². The standard InChI is InChI=1S/C12H17N5O4S/c1-2-22-3-5-7(18)8(19)11(21-5)17-4-14-6-9(13)15-12(20)16-10(6)17/h4-5,7-8,11,18-19H,2-3H2,1H3,(H3,13,15,16,20). The van der Waals surface area contributed by atoms with E-state index in [0.29, 0.717) is 11.3 Å². The van der Waals surface area contributed by atoms with Crippen LogP contribution in [-0.2, 0) is 4.74 Å². The minimum absolute atomic E-state index is 0.0971. The molecule has 2 aromatic rings. The maximum absolute atomic E-state index is 11.5. The van der Waals surface area contributed by atoms with Crippen molar-refractivity contribution in [1.82, 2.24) is 19.5 Å². The molecule has 22 heavy (non-hydrogen) atoms. The fourth-order valence-corrected chi connectivity index (χ4v) is 3.21. The molecule has 0 bridgehead atoms. The lowest BCUT2D eigenvalue weighted by atomic mass is 10.1. The van der Waals surface area contributed by atoms with Gasteiger partial charge in [-0.1, -0.05) is 6.92 Å². The van der Waals surface area contributed by atoms with Crippen molar-refractivity contribution < 1.29 is 14.9 Å². The number of aromatic nitrogens is 4. The number of anilines is 1. The largest absolute Gasteiger partial charge is 0.387 e. The number of aliphatic hydroxyl groups excluding tert-OH is 2. The molecule has 10 heteroatoms. The van der Waals surface area contributed by atoms with Crippen LogP contribution >= 0.6 is 11.8 Å². The van der Waals surface area contributed by atoms with E-state index >= 15 is 0 Å². The highest BCUT2D eigenvalue weighted by molar-refractivity contribution is 7.99. The van der Waals surface area contributed by atoms with Gasteiger partial charge in [0.25, 0.3) is 0 Å². The van der Waals surface area contributed by atoms with Gasteiger partial charge < -0.3 is 20.7 Å². The normalized spacial score (nSPS) is 28.5. The van der Waals surface area contributed by atoms with Crippen molar-refractivity contribution in [2.24, 2.45) is 0 Å². The van der Waals surface area contributed by atoms with Gasteiger partial charge in [0.15, 0.2) is 11.9 Å². The topological polar surface area (TPSA) is 139 Å². The van der Waals surface area contributed by atoms with Crippen LogP contribution in [0.3, 0.4) is 0 Å². The van der Waals surface area contributed by atoms with Gasteiger partial charge in [-0.3, -0.25) is 9.55 Å². The summed E-state index contributed by atoms with van der Waals surface area (Å²) >= 11 is 1.61. The summed E-state index contributed by atoms with van der Waals surface area (Å²) in [4.78, 5) is 21.7. The fraction of sp³-hybridized carbons (Fsp3) is 0.583. The number of hydrogen-bond acceptors (Lipinski definition) is 8. The Hall–Kier alpha value is -1.62. The number of H-pyrrole nitrogens is 1. The Bertz CT molecular complexity index is 732. The van der Waals surface area contributed by atoms with Gasteiger partial charge in [0.2, 0.25) is 0 Å². The second-order valence-corrected chi connectivity index (χ2v) is 6.30. The Kier molecular flexibility index (Phi) is 4.08. The number of nitrogens with one attached hydrogen (secondary N) is 1. The summed E-state index contributed by atoms with van der Waals surface area (Å²) in [6.07, 6.45) is -2.13. The van der Waals surface area contributed by atoms with Crippen LogP contribution in [0, 0.1) is 0 Å². The second kappa shape index (κ2) is 5.88. The summed E-state index contributed by atoms with van der Waals surface area (Å²) in [5.41, 5.74) is 5.61. The monoisotopic (exact) mass is 327 g/mol. The van der Waals surface area contributed by atoms with E-state index in [0.717, 1.165) is 5.75 Å². The zero-order valence-electron chi connectivity index (χ0n) is 11.8. The predicted octanol–water partition coefficient (Wildman–Crippen LogP) is -0.926. The number of hydrogen-bond donors (Lipinski definition) is 4. The molecule has 9 nitrogen and oxygen atoms in total. The van der Waals surface area contributed by atoms with E-state index in [-0.39, 0.29) is 11.5 Å². The molecule has 3 heterocycles. The van der Waals surface area contributed by atoms with Crippen LogP contribution in [0.4, 0.5) is 5.82 Å². The van der Waals surface area contributed by atoms with Crippen LogP contribution in [0.2, 0.25) is 0 Å². The van der Waals surface area contributed by atoms with Gasteiger partial charge in [0.05, 0.1) is 12.4 Å². The Labute approximate surface area is 129 Å². The lowest BCUT2D eigenvalue weighted by Gasteiger charge is -2.16. The Morgan fingerprint density at radius 2 is 2.27 bits per heavy atom. The first-order chi connectivity index (χ1) is 10.5. The predicted molar refractivity (Wildman–Crippen MR) is 81.5 cm³/mol. The molecule has 4 atom stereocenters. The number of nitrogens with two attached hydrogens (primary N) is 1. The zero-order chi connectivity index (χ0) is 15.9. The lowest BCUT2D eigenvalue weighted by molar-refractivity contribution is -0.0289. The quantitative estimate of drug-likeness (QED) is 0.565. The molecule has 4 unspecified atom stereocenters. The summed E-state index contributed by atoms with van der Waals surface area (Å²) in [6.45, 7) is 2.00. The number of rotatable bonds is 4. The average molecular weight is 327 g/mol. The molecular formula is C12H17N5O4S. The van der Waals surface area contributed by atoms with Crippen molar-refractivity contribution in [3.8, 4) is 0 Å². The molecule has 0 saturated carbocycles. The van der Waals surface area contributed by atoms with Gasteiger partial charge in [0, 0.05) is 5.75 Å². The van der Waals surface area contributed by atoms with E-state index in [1.807, 2.05) is 6.92 Å². The number of imidazole rings is 1. The van der Waals surface area contributed by atoms with Crippen LogP contribution in [-0.4, -0.2) is 59.5 Å². The maximum atomic E-state index is 11.5. The van der Waals surface area contributed by atoms with E-state index in [1.54, 1.807) is 11.8 Å². The number of nitrogen functional groups attached to an aromatic ring is 1. The summed E-state index contributed by atoms with van der Waals surface area (Å²) in [5.74, 6) is 1.54. The number of ether oxygens (including phenoxy) is 1. The van der Waals surface area contributed by atoms with E-state index in [2.05, 4.69) is 15.0 Å². The maximum Gasteiger partial charge on any atom is 0.348 e. The molecule has 1 fully saturated rings. The van der Waals surface area contributed by atoms with E-state index in [9.17, 15) is 15.0 Å². The van der Waals surface area contributed by atoms with Gasteiger partial charge in [-0.05, 0) is 5.75 Å². The molecule has 0 spiro atoms. The van der Waals surface area contributed by atoms with Crippen LogP contribution < -0.4 is 11.4 Å². The van der Waals surface area contributed by atoms with Gasteiger partial charge in [-0.2, -0.15) is 16.7 Å². The molecule has 0 aliphatic carbocycles. The van der Waals surface area contributed by atoms with E-state index in [1.165, 1.54) is 10.9 Å². The molecule has 1 saturated heterocycles. The third-order valence-corrected chi connectivity index (χ3v) is 4.54. The van der Waals surface area contributed by atoms with E-state index in [4.69, 9.17) is 10.5 Å². The molecule has 2 aromatic heterocycles. The van der Waals surface area contributed by atoms with Gasteiger partial charge in [0.1, 0.15) is 23.5 Å². The molecule has 3 rings (SSSR count). The van der Waals surface area contributed by atoms with Crippen molar-refractivity contribution in [2.75, 3.05) is 17.2 Å². The SMILES string of the molecule is CCSCC1OC(n2cnc3c(N)[nH]c(=O)nc32)C(O)C1O. The first-order valence-corrected chi connectivity index (χ1v) is 8.00. The summed E-state index contributed by atoms with van der Waals surface area (Å²) < 4.78 is 7.15. The van der Waals surface area contributed by atoms with Crippen molar-refractivity contribution in [3.63, 3.8) is 0 Å². The first kappa shape index (κ1) is 15.3. The third kappa shape index (κ3) is 2.47. The minimum atomic E-state index is -1.14. The molecule has 1 aliphatic heterocycles. The Balaban J connectivity index is 1.96. The van der Waals surface area contributed by atoms with Gasteiger partial charge in [-0.15, -0.1) is 0 Å². The first-order valence-electron chi connectivity index (χ1n) is 6.84. The highest BCUT2D eigenvalue weighted by Gasteiger charge is 2.44. The van der Waals surface area contributed by atoms with E-state index < -0.39 is 30.2 Å². The smallest absolute Gasteiger partial charge is 0.348 e. The molecular weight excluding hydrogens is 310 g/mol. The number of aliphatic hydroxyl groups is 2. The molecule has 5 N–H and O–H groups in total. The zero-order valence-corrected chi connectivity index (χ0v) is 12.7. The number of fused-ring (bicyclic) bond motifs is 1. The Morgan fingerprint density at radius 3 is 3.00 bits per heavy atom. The number of nitrogens with zero attached hydrogens (tertiary/aromatic N) is 3. The molecule has 120 valence electrons. The van der Waals surface area contributed by atoms with Gasteiger partial charge in [-0.25, -0.2) is 9.78 Å². The van der Waals surface area contributed by atoms with Crippen LogP contribution in [0.5, 0.6) is 0 Å². The Morgan fingerprint density at radius 1 is 1.50 bits per heavy atom. The highest BCUT2D eigenvalue weighted by atomic mass is 32.2. The minimum Gasteiger partial charge on any atom is -0.387 e. The highest BCUT2D eigenvalue weighted by Crippen LogP contribution is 2.32. The average Bonchev–Trinajstić information content (AvgIpc) is 3.00. The van der Waals surface area contributed by atoms with Crippen molar-refractivity contribution in [3.05, 3.63) is 16.8 Å². The molecule has 1 aliphatic rings. The van der Waals surface area contributed by atoms with Crippen LogP contribution in [0.25, 0.3) is 11.2 Å². The van der Waals surface area contributed by atoms with Gasteiger partial charge >= 0.3 is 5.69 Å². The van der Waals surface area contributed by atoms with Crippen molar-refractivity contribution in [2.45, 2.75) is 31.5 Å². The third-order valence-electron chi connectivity index (χ3n) is 3.57.